The third-order valence-corrected chi connectivity index (χ3v) is 2.89. The molecule has 0 spiro atoms. The van der Waals surface area contributed by atoms with E-state index in [0.717, 1.165) is 0 Å². The van der Waals surface area contributed by atoms with E-state index >= 15 is 0 Å². The summed E-state index contributed by atoms with van der Waals surface area (Å²) in [5.74, 6) is -1.35. The first-order valence-electron chi connectivity index (χ1n) is 5.81. The van der Waals surface area contributed by atoms with Gasteiger partial charge in [0.1, 0.15) is 11.6 Å². The number of hydrogen-bond acceptors (Lipinski definition) is 1. The first-order valence-corrected chi connectivity index (χ1v) is 5.81. The van der Waals surface area contributed by atoms with E-state index < -0.39 is 17.5 Å². The third kappa shape index (κ3) is 2.78. The van der Waals surface area contributed by atoms with Gasteiger partial charge in [-0.15, -0.1) is 0 Å². The molecule has 0 heterocycles. The molecule has 1 amide bonds. The minimum absolute atomic E-state index is 0.149. The van der Waals surface area contributed by atoms with Crippen LogP contribution in [-0.4, -0.2) is 5.91 Å². The highest BCUT2D eigenvalue weighted by atomic mass is 19.1. The monoisotopic (exact) mass is 261 g/mol. The Bertz CT molecular complexity index is 618. The molecule has 2 rings (SSSR count). The molecule has 0 saturated heterocycles. The molecule has 1 N–H and O–H groups in total. The van der Waals surface area contributed by atoms with E-state index in [1.807, 2.05) is 0 Å². The summed E-state index contributed by atoms with van der Waals surface area (Å²) in [6.07, 6.45) is 0. The zero-order valence-electron chi connectivity index (χ0n) is 10.6. The van der Waals surface area contributed by atoms with Crippen molar-refractivity contribution in [3.63, 3.8) is 0 Å². The van der Waals surface area contributed by atoms with Gasteiger partial charge in [0.25, 0.3) is 5.91 Å². The van der Waals surface area contributed by atoms with Crippen molar-refractivity contribution >= 4 is 11.6 Å². The number of aryl methyl sites for hydroxylation is 2. The number of carbonyl (C=O) groups excluding carboxylic acids is 1. The maximum Gasteiger partial charge on any atom is 0.256 e. The molecule has 98 valence electrons. The van der Waals surface area contributed by atoms with Crippen molar-refractivity contribution in [3.05, 3.63) is 64.7 Å². The topological polar surface area (TPSA) is 29.1 Å². The Kier molecular flexibility index (Phi) is 3.60. The van der Waals surface area contributed by atoms with Crippen molar-refractivity contribution in [3.8, 4) is 0 Å². The van der Waals surface area contributed by atoms with Crippen LogP contribution in [0.25, 0.3) is 0 Å². The molecule has 0 aliphatic carbocycles. The second kappa shape index (κ2) is 5.18. The second-order valence-corrected chi connectivity index (χ2v) is 4.35. The Morgan fingerprint density at radius 2 is 1.79 bits per heavy atom. The second-order valence-electron chi connectivity index (χ2n) is 4.35. The zero-order valence-corrected chi connectivity index (χ0v) is 10.6. The molecular formula is C15H13F2NO. The van der Waals surface area contributed by atoms with Gasteiger partial charge in [0.2, 0.25) is 0 Å². The molecule has 0 aliphatic rings. The molecule has 0 unspecified atom stereocenters. The molecule has 2 aromatic carbocycles. The summed E-state index contributed by atoms with van der Waals surface area (Å²) in [6.45, 7) is 3.34. The van der Waals surface area contributed by atoms with E-state index in [2.05, 4.69) is 5.32 Å². The van der Waals surface area contributed by atoms with Crippen LogP contribution in [0.1, 0.15) is 21.5 Å². The largest absolute Gasteiger partial charge is 0.319 e. The normalized spacial score (nSPS) is 10.3. The van der Waals surface area contributed by atoms with Crippen LogP contribution in [0.5, 0.6) is 0 Å². The standard InChI is InChI=1S/C15H13F2NO/c1-9-4-3-5-13(17)14(9)18-15(19)12-7-6-11(16)8-10(12)2/h3-8H,1-2H3,(H,18,19). The molecule has 0 radical (unpaired) electrons. The number of nitrogens with one attached hydrogen (secondary N) is 1. The van der Waals surface area contributed by atoms with Gasteiger partial charge in [-0.2, -0.15) is 0 Å². The van der Waals surface area contributed by atoms with Gasteiger partial charge < -0.3 is 5.32 Å². The van der Waals surface area contributed by atoms with E-state index in [4.69, 9.17) is 0 Å². The molecule has 2 aromatic rings. The van der Waals surface area contributed by atoms with E-state index in [0.29, 0.717) is 16.7 Å². The summed E-state index contributed by atoms with van der Waals surface area (Å²) < 4.78 is 26.6. The van der Waals surface area contributed by atoms with Crippen LogP contribution in [-0.2, 0) is 0 Å². The average Bonchev–Trinajstić information content (AvgIpc) is 2.33. The number of para-hydroxylation sites is 1. The molecule has 0 aliphatic heterocycles. The Morgan fingerprint density at radius 1 is 1.05 bits per heavy atom. The van der Waals surface area contributed by atoms with Crippen LogP contribution in [0.2, 0.25) is 0 Å². The summed E-state index contributed by atoms with van der Waals surface area (Å²) in [4.78, 5) is 12.1. The lowest BCUT2D eigenvalue weighted by atomic mass is 10.1. The van der Waals surface area contributed by atoms with Gasteiger partial charge in [-0.1, -0.05) is 12.1 Å². The van der Waals surface area contributed by atoms with Crippen molar-refractivity contribution in [1.29, 1.82) is 0 Å². The van der Waals surface area contributed by atoms with Gasteiger partial charge in [-0.05, 0) is 49.2 Å². The van der Waals surface area contributed by atoms with Crippen molar-refractivity contribution in [1.82, 2.24) is 0 Å². The number of anilines is 1. The van der Waals surface area contributed by atoms with Gasteiger partial charge in [0.05, 0.1) is 5.69 Å². The molecule has 0 atom stereocenters. The lowest BCUT2D eigenvalue weighted by Crippen LogP contribution is -2.15. The van der Waals surface area contributed by atoms with Crippen molar-refractivity contribution in [2.75, 3.05) is 5.32 Å². The lowest BCUT2D eigenvalue weighted by Gasteiger charge is -2.10. The van der Waals surface area contributed by atoms with Crippen LogP contribution >= 0.6 is 0 Å². The minimum atomic E-state index is -0.492. The Balaban J connectivity index is 2.31. The number of rotatable bonds is 2. The van der Waals surface area contributed by atoms with Gasteiger partial charge in [-0.3, -0.25) is 4.79 Å². The van der Waals surface area contributed by atoms with Crippen molar-refractivity contribution in [2.45, 2.75) is 13.8 Å². The lowest BCUT2D eigenvalue weighted by molar-refractivity contribution is 0.102. The van der Waals surface area contributed by atoms with Crippen LogP contribution in [0.3, 0.4) is 0 Å². The SMILES string of the molecule is Cc1cc(F)ccc1C(=O)Nc1c(C)cccc1F. The van der Waals surface area contributed by atoms with Crippen molar-refractivity contribution in [2.24, 2.45) is 0 Å². The molecule has 0 saturated carbocycles. The van der Waals surface area contributed by atoms with Crippen LogP contribution in [0.4, 0.5) is 14.5 Å². The summed E-state index contributed by atoms with van der Waals surface area (Å²) in [7, 11) is 0. The van der Waals surface area contributed by atoms with Crippen LogP contribution < -0.4 is 5.32 Å². The molecule has 0 fully saturated rings. The molecular weight excluding hydrogens is 248 g/mol. The number of benzene rings is 2. The number of hydrogen-bond donors (Lipinski definition) is 1. The maximum atomic E-state index is 13.6. The molecule has 4 heteroatoms. The first-order chi connectivity index (χ1) is 8.99. The van der Waals surface area contributed by atoms with Crippen molar-refractivity contribution < 1.29 is 13.6 Å². The summed E-state index contributed by atoms with van der Waals surface area (Å²) in [5, 5.41) is 2.52. The van der Waals surface area contributed by atoms with Crippen LogP contribution in [0, 0.1) is 25.5 Å². The molecule has 0 aromatic heterocycles. The summed E-state index contributed by atoms with van der Waals surface area (Å²) >= 11 is 0. The van der Waals surface area contributed by atoms with Gasteiger partial charge in [0, 0.05) is 5.56 Å². The molecule has 2 nitrogen and oxygen atoms in total. The predicted molar refractivity (Wildman–Crippen MR) is 70.2 cm³/mol. The minimum Gasteiger partial charge on any atom is -0.319 e. The van der Waals surface area contributed by atoms with Gasteiger partial charge in [0.15, 0.2) is 0 Å². The van der Waals surface area contributed by atoms with E-state index in [9.17, 15) is 13.6 Å². The molecule has 19 heavy (non-hydrogen) atoms. The highest BCUT2D eigenvalue weighted by Gasteiger charge is 2.13. The Labute approximate surface area is 110 Å². The Morgan fingerprint density at radius 3 is 2.42 bits per heavy atom. The average molecular weight is 261 g/mol. The number of carbonyl (C=O) groups is 1. The highest BCUT2D eigenvalue weighted by molar-refractivity contribution is 6.05. The fourth-order valence-electron chi connectivity index (χ4n) is 1.85. The van der Waals surface area contributed by atoms with Gasteiger partial charge >= 0.3 is 0 Å². The predicted octanol–water partition coefficient (Wildman–Crippen LogP) is 3.83. The van der Waals surface area contributed by atoms with E-state index in [1.165, 1.54) is 24.3 Å². The van der Waals surface area contributed by atoms with Crippen LogP contribution in [0.15, 0.2) is 36.4 Å². The fourth-order valence-corrected chi connectivity index (χ4v) is 1.85. The van der Waals surface area contributed by atoms with Gasteiger partial charge in [-0.25, -0.2) is 8.78 Å². The zero-order chi connectivity index (χ0) is 14.0. The van der Waals surface area contributed by atoms with E-state index in [-0.39, 0.29) is 5.69 Å². The number of halogens is 2. The summed E-state index contributed by atoms with van der Waals surface area (Å²) in [6, 6.07) is 8.41. The first kappa shape index (κ1) is 13.2. The quantitative estimate of drug-likeness (QED) is 0.874. The fraction of sp³-hybridized carbons (Fsp3) is 0.133. The summed E-state index contributed by atoms with van der Waals surface area (Å²) in [5.41, 5.74) is 1.61. The van der Waals surface area contributed by atoms with E-state index in [1.54, 1.807) is 26.0 Å². The third-order valence-electron chi connectivity index (χ3n) is 2.89. The maximum absolute atomic E-state index is 13.6. The smallest absolute Gasteiger partial charge is 0.256 e. The highest BCUT2D eigenvalue weighted by Crippen LogP contribution is 2.20. The number of amides is 1. The Hall–Kier alpha value is -2.23. The molecule has 0 bridgehead atoms.